The molecule has 1 unspecified atom stereocenters. The van der Waals surface area contributed by atoms with Gasteiger partial charge in [0.1, 0.15) is 11.9 Å². The van der Waals surface area contributed by atoms with E-state index < -0.39 is 0 Å². The second kappa shape index (κ2) is 6.25. The fraction of sp³-hybridized carbons (Fsp3) is 0.600. The van der Waals surface area contributed by atoms with Gasteiger partial charge in [-0.15, -0.1) is 0 Å². The third kappa shape index (κ3) is 3.30. The van der Waals surface area contributed by atoms with E-state index in [1.807, 2.05) is 12.1 Å². The molecule has 1 aliphatic rings. The number of rotatable bonds is 6. The number of hydrogen-bond acceptors (Lipinski definition) is 3. The lowest BCUT2D eigenvalue weighted by atomic mass is 9.93. The summed E-state index contributed by atoms with van der Waals surface area (Å²) in [5.74, 6) is 0.984. The van der Waals surface area contributed by atoms with Gasteiger partial charge in [0.2, 0.25) is 0 Å². The van der Waals surface area contributed by atoms with Crippen LogP contribution in [0.15, 0.2) is 22.7 Å². The van der Waals surface area contributed by atoms with Crippen LogP contribution in [0, 0.1) is 0 Å². The van der Waals surface area contributed by atoms with E-state index in [1.165, 1.54) is 5.56 Å². The van der Waals surface area contributed by atoms with Gasteiger partial charge in [0.15, 0.2) is 0 Å². The molecule has 0 fully saturated rings. The Labute approximate surface area is 123 Å². The van der Waals surface area contributed by atoms with Crippen LogP contribution in [0.2, 0.25) is 0 Å². The summed E-state index contributed by atoms with van der Waals surface area (Å²) in [6.07, 6.45) is 2.93. The minimum Gasteiger partial charge on any atom is -0.488 e. The summed E-state index contributed by atoms with van der Waals surface area (Å²) >= 11 is 3.48. The Morgan fingerprint density at radius 2 is 2.16 bits per heavy atom. The summed E-state index contributed by atoms with van der Waals surface area (Å²) in [6, 6.07) is 6.14. The molecule has 106 valence electrons. The first kappa shape index (κ1) is 14.8. The van der Waals surface area contributed by atoms with Crippen molar-refractivity contribution in [2.75, 3.05) is 13.2 Å². The van der Waals surface area contributed by atoms with Crippen molar-refractivity contribution in [3.05, 3.63) is 28.2 Å². The van der Waals surface area contributed by atoms with E-state index in [0.29, 0.717) is 0 Å². The molecule has 1 aromatic rings. The van der Waals surface area contributed by atoms with Gasteiger partial charge in [-0.25, -0.2) is 0 Å². The van der Waals surface area contributed by atoms with Crippen LogP contribution in [0.3, 0.4) is 0 Å². The van der Waals surface area contributed by atoms with E-state index in [2.05, 4.69) is 41.2 Å². The molecule has 4 heteroatoms. The van der Waals surface area contributed by atoms with E-state index >= 15 is 0 Å². The molecular weight excluding hydrogens is 306 g/mol. The number of nitrogens with one attached hydrogen (secondary N) is 1. The van der Waals surface area contributed by atoms with Crippen LogP contribution < -0.4 is 10.1 Å². The highest BCUT2D eigenvalue weighted by molar-refractivity contribution is 9.10. The molecule has 0 radical (unpaired) electrons. The van der Waals surface area contributed by atoms with Crippen LogP contribution in [0.1, 0.15) is 32.3 Å². The van der Waals surface area contributed by atoms with Crippen molar-refractivity contribution < 1.29 is 9.84 Å². The van der Waals surface area contributed by atoms with Gasteiger partial charge in [0.05, 0.1) is 6.61 Å². The summed E-state index contributed by atoms with van der Waals surface area (Å²) in [5.41, 5.74) is 1.09. The maximum atomic E-state index is 9.55. The summed E-state index contributed by atoms with van der Waals surface area (Å²) in [6.45, 7) is 5.15. The highest BCUT2D eigenvalue weighted by atomic mass is 79.9. The number of aliphatic hydroxyl groups is 1. The van der Waals surface area contributed by atoms with E-state index in [4.69, 9.17) is 4.74 Å². The average molecular weight is 328 g/mol. The molecule has 1 heterocycles. The van der Waals surface area contributed by atoms with Gasteiger partial charge in [0, 0.05) is 23.0 Å². The molecule has 2 rings (SSSR count). The smallest absolute Gasteiger partial charge is 0.123 e. The number of benzene rings is 1. The largest absolute Gasteiger partial charge is 0.488 e. The molecule has 0 saturated heterocycles. The molecule has 1 aromatic carbocycles. The van der Waals surface area contributed by atoms with Gasteiger partial charge in [0.25, 0.3) is 0 Å². The lowest BCUT2D eigenvalue weighted by Gasteiger charge is -2.32. The molecule has 19 heavy (non-hydrogen) atoms. The molecule has 0 bridgehead atoms. The van der Waals surface area contributed by atoms with Gasteiger partial charge >= 0.3 is 0 Å². The molecular formula is C15H22BrNO2. The van der Waals surface area contributed by atoms with E-state index in [1.54, 1.807) is 0 Å². The summed E-state index contributed by atoms with van der Waals surface area (Å²) in [4.78, 5) is 0. The Morgan fingerprint density at radius 3 is 2.79 bits per heavy atom. The number of hydrogen-bond donors (Lipinski definition) is 2. The maximum Gasteiger partial charge on any atom is 0.123 e. The van der Waals surface area contributed by atoms with Crippen molar-refractivity contribution >= 4 is 15.9 Å². The molecule has 1 aliphatic heterocycles. The van der Waals surface area contributed by atoms with Crippen LogP contribution in [-0.2, 0) is 6.42 Å². The second-order valence-corrected chi connectivity index (χ2v) is 6.14. The number of aliphatic hydroxyl groups excluding tert-OH is 1. The fourth-order valence-electron chi connectivity index (χ4n) is 2.51. The first-order chi connectivity index (χ1) is 9.12. The third-order valence-corrected chi connectivity index (χ3v) is 4.62. The van der Waals surface area contributed by atoms with Crippen molar-refractivity contribution in [3.63, 3.8) is 0 Å². The van der Waals surface area contributed by atoms with Gasteiger partial charge in [-0.05, 0) is 36.6 Å². The highest BCUT2D eigenvalue weighted by Gasteiger charge is 2.28. The van der Waals surface area contributed by atoms with Gasteiger partial charge in [-0.1, -0.05) is 29.8 Å². The van der Waals surface area contributed by atoms with E-state index in [0.717, 1.165) is 36.0 Å². The van der Waals surface area contributed by atoms with Crippen LogP contribution in [0.4, 0.5) is 0 Å². The minimum absolute atomic E-state index is 0.160. The minimum atomic E-state index is -0.168. The lowest BCUT2D eigenvalue weighted by Crippen LogP contribution is -2.50. The highest BCUT2D eigenvalue weighted by Crippen LogP contribution is 2.31. The van der Waals surface area contributed by atoms with Crippen LogP contribution in [-0.4, -0.2) is 29.9 Å². The Hall–Kier alpha value is -0.580. The number of halogens is 1. The van der Waals surface area contributed by atoms with Crippen molar-refractivity contribution in [2.45, 2.75) is 44.8 Å². The first-order valence-electron chi connectivity index (χ1n) is 6.93. The van der Waals surface area contributed by atoms with Crippen LogP contribution in [0.5, 0.6) is 5.75 Å². The zero-order valence-corrected chi connectivity index (χ0v) is 13.2. The van der Waals surface area contributed by atoms with Crippen molar-refractivity contribution in [1.29, 1.82) is 0 Å². The number of ether oxygens (including phenoxy) is 1. The standard InChI is InChI=1S/C15H22BrNO2/c1-3-15(4-2,10-18)17-9-13-8-11-7-12(16)5-6-14(11)19-13/h5-7,13,17-18H,3-4,8-10H2,1-2H3. The van der Waals surface area contributed by atoms with Gasteiger partial charge < -0.3 is 15.2 Å². The van der Waals surface area contributed by atoms with Crippen molar-refractivity contribution in [3.8, 4) is 5.75 Å². The molecule has 0 aromatic heterocycles. The SMILES string of the molecule is CCC(CC)(CO)NCC1Cc2cc(Br)ccc2O1. The molecule has 2 N–H and O–H groups in total. The van der Waals surface area contributed by atoms with E-state index in [-0.39, 0.29) is 18.2 Å². The topological polar surface area (TPSA) is 41.5 Å². The second-order valence-electron chi connectivity index (χ2n) is 5.22. The molecule has 0 amide bonds. The first-order valence-corrected chi connectivity index (χ1v) is 7.72. The Kier molecular flexibility index (Phi) is 4.87. The van der Waals surface area contributed by atoms with E-state index in [9.17, 15) is 5.11 Å². The predicted molar refractivity (Wildman–Crippen MR) is 80.7 cm³/mol. The Bertz CT molecular complexity index is 424. The Balaban J connectivity index is 1.93. The lowest BCUT2D eigenvalue weighted by molar-refractivity contribution is 0.130. The quantitative estimate of drug-likeness (QED) is 0.844. The van der Waals surface area contributed by atoms with Crippen molar-refractivity contribution in [1.82, 2.24) is 5.32 Å². The average Bonchev–Trinajstić information content (AvgIpc) is 2.83. The van der Waals surface area contributed by atoms with Crippen LogP contribution in [0.25, 0.3) is 0 Å². The third-order valence-electron chi connectivity index (χ3n) is 4.12. The molecule has 3 nitrogen and oxygen atoms in total. The summed E-state index contributed by atoms with van der Waals surface area (Å²) in [5, 5.41) is 13.0. The molecule has 1 atom stereocenters. The molecule has 0 spiro atoms. The van der Waals surface area contributed by atoms with Crippen LogP contribution >= 0.6 is 15.9 Å². The van der Waals surface area contributed by atoms with Gasteiger partial charge in [-0.3, -0.25) is 0 Å². The summed E-state index contributed by atoms with van der Waals surface area (Å²) < 4.78 is 7.02. The summed E-state index contributed by atoms with van der Waals surface area (Å²) in [7, 11) is 0. The molecule has 0 aliphatic carbocycles. The van der Waals surface area contributed by atoms with Crippen molar-refractivity contribution in [2.24, 2.45) is 0 Å². The predicted octanol–water partition coefficient (Wildman–Crippen LogP) is 2.89. The fourth-order valence-corrected chi connectivity index (χ4v) is 2.92. The molecule has 0 saturated carbocycles. The normalized spacial score (nSPS) is 18.2. The zero-order valence-electron chi connectivity index (χ0n) is 11.6. The van der Waals surface area contributed by atoms with Gasteiger partial charge in [-0.2, -0.15) is 0 Å². The zero-order chi connectivity index (χ0) is 13.9. The monoisotopic (exact) mass is 327 g/mol. The maximum absolute atomic E-state index is 9.55. The number of fused-ring (bicyclic) bond motifs is 1. The Morgan fingerprint density at radius 1 is 1.42 bits per heavy atom.